The number of pyridine rings is 1. The summed E-state index contributed by atoms with van der Waals surface area (Å²) in [5.74, 6) is -4.56. The quantitative estimate of drug-likeness (QED) is 0.0335. The van der Waals surface area contributed by atoms with Gasteiger partial charge < -0.3 is 46.5 Å². The van der Waals surface area contributed by atoms with Crippen LogP contribution in [-0.4, -0.2) is 101 Å². The molecule has 0 aromatic carbocycles. The number of aromatic hydroxyl groups is 1. The summed E-state index contributed by atoms with van der Waals surface area (Å²) in [4.78, 5) is 70.2. The Labute approximate surface area is 266 Å². The maximum Gasteiger partial charge on any atom is 0.362 e. The Hall–Kier alpha value is -5.75. The molecule has 1 saturated heterocycles. The number of anilines is 1. The molecule has 1 aliphatic heterocycles. The zero-order valence-electron chi connectivity index (χ0n) is 24.0. The molecule has 3 aromatic rings. The molecular formula is C23H25N9O13S2. The van der Waals surface area contributed by atoms with E-state index < -0.39 is 75.2 Å². The fourth-order valence-electron chi connectivity index (χ4n) is 3.82. The lowest BCUT2D eigenvalue weighted by atomic mass is 9.98. The summed E-state index contributed by atoms with van der Waals surface area (Å²) < 4.78 is 38.8. The van der Waals surface area contributed by atoms with Crippen molar-refractivity contribution >= 4 is 56.3 Å². The number of amides is 4. The van der Waals surface area contributed by atoms with Gasteiger partial charge in [-0.15, -0.1) is 11.3 Å². The predicted molar refractivity (Wildman–Crippen MR) is 155 cm³/mol. The third-order valence-electron chi connectivity index (χ3n) is 6.29. The molecule has 1 aliphatic rings. The van der Waals surface area contributed by atoms with Crippen LogP contribution >= 0.6 is 11.3 Å². The Balaban J connectivity index is 1.43. The fraction of sp³-hybridized carbons (Fsp3) is 0.304. The van der Waals surface area contributed by atoms with Crippen molar-refractivity contribution in [2.75, 3.05) is 12.3 Å². The molecule has 4 rings (SSSR count). The normalized spacial score (nSPS) is 16.7. The average Bonchev–Trinajstić information content (AvgIpc) is 3.62. The van der Waals surface area contributed by atoms with Gasteiger partial charge >= 0.3 is 22.3 Å². The van der Waals surface area contributed by atoms with E-state index in [0.717, 1.165) is 37.4 Å². The molecule has 2 atom stereocenters. The molecule has 4 heterocycles. The number of carboxylic acids is 1. The molecule has 0 aliphatic carbocycles. The van der Waals surface area contributed by atoms with Crippen LogP contribution in [0, 0.1) is 0 Å². The first-order chi connectivity index (χ1) is 21.9. The smallest absolute Gasteiger partial charge is 0.362 e. The van der Waals surface area contributed by atoms with E-state index in [9.17, 15) is 52.4 Å². The van der Waals surface area contributed by atoms with Crippen molar-refractivity contribution in [1.82, 2.24) is 35.1 Å². The Kier molecular flexibility index (Phi) is 9.39. The summed E-state index contributed by atoms with van der Waals surface area (Å²) in [7, 11) is -5.15. The number of carbonyl (C=O) groups excluding carboxylic acids is 3. The van der Waals surface area contributed by atoms with E-state index in [1.807, 2.05) is 0 Å². The van der Waals surface area contributed by atoms with Gasteiger partial charge in [-0.25, -0.2) is 18.9 Å². The number of nitrogens with two attached hydrogens (primary N) is 1. The number of carboxylic acid groups (broad SMARTS) is 1. The van der Waals surface area contributed by atoms with Gasteiger partial charge in [0, 0.05) is 24.1 Å². The number of β-lactam (4-membered cyclic amide) rings is 1. The third kappa shape index (κ3) is 7.56. The number of nitrogen functional groups attached to an aromatic ring is 1. The number of rotatable bonds is 12. The zero-order valence-corrected chi connectivity index (χ0v) is 25.6. The highest BCUT2D eigenvalue weighted by molar-refractivity contribution is 7.84. The predicted octanol–water partition coefficient (Wildman–Crippen LogP) is -1.93. The molecule has 24 heteroatoms. The summed E-state index contributed by atoms with van der Waals surface area (Å²) in [6, 6.07) is -1.98. The minimum atomic E-state index is -5.15. The number of thiazole rings is 1. The highest BCUT2D eigenvalue weighted by atomic mass is 32.2. The van der Waals surface area contributed by atoms with E-state index in [0.29, 0.717) is 4.73 Å². The van der Waals surface area contributed by atoms with E-state index in [2.05, 4.69) is 31.2 Å². The van der Waals surface area contributed by atoms with E-state index in [4.69, 9.17) is 15.1 Å². The van der Waals surface area contributed by atoms with Crippen molar-refractivity contribution in [3.8, 4) is 17.1 Å². The Morgan fingerprint density at radius 2 is 1.94 bits per heavy atom. The van der Waals surface area contributed by atoms with Crippen LogP contribution < -0.4 is 27.1 Å². The largest absolute Gasteiger partial charge is 0.503 e. The lowest BCUT2D eigenvalue weighted by Crippen LogP contribution is -2.74. The van der Waals surface area contributed by atoms with Crippen LogP contribution in [0.2, 0.25) is 0 Å². The highest BCUT2D eigenvalue weighted by Gasteiger charge is 2.54. The van der Waals surface area contributed by atoms with Crippen LogP contribution in [0.1, 0.15) is 25.3 Å². The number of urea groups is 1. The molecule has 47 heavy (non-hydrogen) atoms. The summed E-state index contributed by atoms with van der Waals surface area (Å²) in [5, 5.41) is 43.9. The second kappa shape index (κ2) is 12.9. The minimum Gasteiger partial charge on any atom is -0.503 e. The van der Waals surface area contributed by atoms with E-state index in [1.165, 1.54) is 11.4 Å². The number of nitrogens with one attached hydrogen (secondary N) is 3. The van der Waals surface area contributed by atoms with Gasteiger partial charge in [0.1, 0.15) is 23.1 Å². The number of hydrogen-bond donors (Lipinski definition) is 8. The third-order valence-corrected chi connectivity index (χ3v) is 7.91. The van der Waals surface area contributed by atoms with Gasteiger partial charge in [0.15, 0.2) is 22.4 Å². The first-order valence-electron chi connectivity index (χ1n) is 12.8. The van der Waals surface area contributed by atoms with Crippen molar-refractivity contribution in [3.63, 3.8) is 0 Å². The molecular weight excluding hydrogens is 674 g/mol. The summed E-state index contributed by atoms with van der Waals surface area (Å²) in [6.45, 7) is 1.33. The molecule has 0 saturated carbocycles. The topological polar surface area (TPSA) is 331 Å². The number of oxime groups is 1. The number of carbonyl (C=O) groups is 4. The molecule has 252 valence electrons. The second-order valence-electron chi connectivity index (χ2n) is 10.0. The second-order valence-corrected chi connectivity index (χ2v) is 12.2. The molecule has 22 nitrogen and oxygen atoms in total. The number of aromatic nitrogens is 3. The molecule has 9 N–H and O–H groups in total. The van der Waals surface area contributed by atoms with Gasteiger partial charge in [0.2, 0.25) is 11.0 Å². The number of hydrogen-bond acceptors (Lipinski definition) is 16. The first-order valence-corrected chi connectivity index (χ1v) is 15.1. The highest BCUT2D eigenvalue weighted by Crippen LogP contribution is 2.24. The van der Waals surface area contributed by atoms with Gasteiger partial charge in [0.05, 0.1) is 18.8 Å². The van der Waals surface area contributed by atoms with Crippen molar-refractivity contribution in [1.29, 1.82) is 0 Å². The van der Waals surface area contributed by atoms with Gasteiger partial charge in [-0.2, -0.15) is 13.1 Å². The Morgan fingerprint density at radius 1 is 1.23 bits per heavy atom. The van der Waals surface area contributed by atoms with E-state index in [-0.39, 0.29) is 38.8 Å². The van der Waals surface area contributed by atoms with Crippen LogP contribution in [0.3, 0.4) is 0 Å². The molecule has 4 amide bonds. The lowest BCUT2D eigenvalue weighted by molar-refractivity contribution is -0.161. The van der Waals surface area contributed by atoms with Crippen molar-refractivity contribution in [2.45, 2.75) is 38.1 Å². The summed E-state index contributed by atoms with van der Waals surface area (Å²) in [5.41, 5.74) is 1.96. The SMILES string of the molecule is CC(C)(ON=C(C(=O)N[C@@H]1C(=O)N(S(=O)(=O)O)[C@H]1CNC(=O)NCc1cc(-c2cc(=O)c(O)cn2O)no1)c1csc(N)n1)C(=O)O. The van der Waals surface area contributed by atoms with Gasteiger partial charge in [-0.3, -0.25) is 18.9 Å². The average molecular weight is 700 g/mol. The van der Waals surface area contributed by atoms with Crippen molar-refractivity contribution in [3.05, 3.63) is 45.4 Å². The van der Waals surface area contributed by atoms with Crippen molar-refractivity contribution < 1.29 is 56.9 Å². The van der Waals surface area contributed by atoms with Crippen LogP contribution in [0.15, 0.2) is 38.2 Å². The molecule has 0 unspecified atom stereocenters. The maximum atomic E-state index is 13.2. The van der Waals surface area contributed by atoms with Crippen molar-refractivity contribution in [2.24, 2.45) is 5.16 Å². The standard InChI is InChI=1S/C23H25N9O13S2/c1-23(2,20(37)38)45-30-16(11-8-46-21(24)27-11)18(35)28-17-13(32(19(17)36)47(41,42)43)6-26-22(39)25-5-9-3-10(29-44-9)12-4-14(33)15(34)7-31(12)40/h3-4,7-8,13,17,34,40H,5-6H2,1-2H3,(H2,24,27)(H,28,35)(H,37,38)(H2,25,26,39)(H,41,42,43)/t13-,17-/m0/s1. The summed E-state index contributed by atoms with van der Waals surface area (Å²) >= 11 is 0.897. The van der Waals surface area contributed by atoms with E-state index in [1.54, 1.807) is 0 Å². The van der Waals surface area contributed by atoms with E-state index >= 15 is 0 Å². The van der Waals surface area contributed by atoms with Crippen LogP contribution in [0.4, 0.5) is 9.93 Å². The number of nitrogens with zero attached hydrogens (tertiary/aromatic N) is 5. The van der Waals surface area contributed by atoms with Gasteiger partial charge in [-0.1, -0.05) is 10.3 Å². The molecule has 0 spiro atoms. The Bertz CT molecular complexity index is 1930. The Morgan fingerprint density at radius 3 is 2.55 bits per heavy atom. The van der Waals surface area contributed by atoms with Crippen LogP contribution in [0.5, 0.6) is 5.75 Å². The maximum absolute atomic E-state index is 13.2. The lowest BCUT2D eigenvalue weighted by Gasteiger charge is -2.44. The first kappa shape index (κ1) is 34.1. The molecule has 0 bridgehead atoms. The summed E-state index contributed by atoms with van der Waals surface area (Å²) in [6.07, 6.45) is 0.741. The fourth-order valence-corrected chi connectivity index (χ4v) is 5.25. The van der Waals surface area contributed by atoms with Crippen LogP contribution in [0.25, 0.3) is 11.4 Å². The van der Waals surface area contributed by atoms with Gasteiger partial charge in [-0.05, 0) is 13.8 Å². The molecule has 1 fully saturated rings. The van der Waals surface area contributed by atoms with Gasteiger partial charge in [0.25, 0.3) is 11.8 Å². The molecule has 3 aromatic heterocycles. The molecule has 0 radical (unpaired) electrons. The minimum absolute atomic E-state index is 0.00102. The van der Waals surface area contributed by atoms with Crippen LogP contribution in [-0.2, 0) is 36.1 Å². The zero-order chi connectivity index (χ0) is 34.8. The monoisotopic (exact) mass is 699 g/mol. The number of aliphatic carboxylic acids is 1.